The average molecular weight is 325 g/mol. The molecule has 126 valence electrons. The first-order chi connectivity index (χ1) is 11.6. The van der Waals surface area contributed by atoms with Gasteiger partial charge in [0.25, 0.3) is 0 Å². The Bertz CT molecular complexity index is 617. The predicted octanol–water partition coefficient (Wildman–Crippen LogP) is 2.60. The van der Waals surface area contributed by atoms with Crippen molar-refractivity contribution in [3.8, 4) is 0 Å². The third-order valence-corrected chi connectivity index (χ3v) is 3.41. The van der Waals surface area contributed by atoms with Crippen molar-refractivity contribution in [2.45, 2.75) is 25.9 Å². The zero-order chi connectivity index (χ0) is 17.4. The molecular weight excluding hydrogens is 302 g/mol. The van der Waals surface area contributed by atoms with Crippen LogP contribution in [0, 0.1) is 0 Å². The zero-order valence-corrected chi connectivity index (χ0v) is 14.0. The number of carbonyl (C=O) groups is 2. The summed E-state index contributed by atoms with van der Waals surface area (Å²) in [6, 6.07) is 19.2. The van der Waals surface area contributed by atoms with Gasteiger partial charge in [-0.15, -0.1) is 0 Å². The molecule has 0 spiro atoms. The van der Waals surface area contributed by atoms with Gasteiger partial charge in [-0.05, 0) is 25.0 Å². The highest BCUT2D eigenvalue weighted by molar-refractivity contribution is 5.95. The Kier molecular flexibility index (Phi) is 6.51. The molecule has 0 saturated heterocycles. The van der Waals surface area contributed by atoms with Crippen LogP contribution in [0.1, 0.15) is 31.0 Å². The number of urea groups is 1. The number of hydrogen-bond donors (Lipinski definition) is 3. The lowest BCUT2D eigenvalue weighted by molar-refractivity contribution is -0.119. The molecule has 3 N–H and O–H groups in total. The molecule has 0 aliphatic rings. The molecule has 5 heteroatoms. The summed E-state index contributed by atoms with van der Waals surface area (Å²) in [6.07, 6.45) is 0. The molecule has 3 amide bonds. The number of rotatable bonds is 6. The second kappa shape index (κ2) is 8.84. The Hall–Kier alpha value is -2.66. The summed E-state index contributed by atoms with van der Waals surface area (Å²) in [5, 5.41) is 8.16. The number of hydrogen-bond acceptors (Lipinski definition) is 3. The van der Waals surface area contributed by atoms with E-state index in [1.54, 1.807) is 0 Å². The maximum absolute atomic E-state index is 12.0. The van der Waals surface area contributed by atoms with Gasteiger partial charge in [-0.2, -0.15) is 0 Å². The van der Waals surface area contributed by atoms with Gasteiger partial charge in [0, 0.05) is 6.04 Å². The molecule has 0 fully saturated rings. The molecule has 0 unspecified atom stereocenters. The fraction of sp³-hybridized carbons (Fsp3) is 0.263. The highest BCUT2D eigenvalue weighted by Crippen LogP contribution is 2.21. The van der Waals surface area contributed by atoms with Crippen LogP contribution in [0.2, 0.25) is 0 Å². The van der Waals surface area contributed by atoms with Gasteiger partial charge in [-0.25, -0.2) is 4.79 Å². The van der Waals surface area contributed by atoms with E-state index in [2.05, 4.69) is 16.0 Å². The molecule has 5 nitrogen and oxygen atoms in total. The molecule has 0 aliphatic heterocycles. The van der Waals surface area contributed by atoms with Gasteiger partial charge in [0.15, 0.2) is 0 Å². The molecule has 0 aromatic heterocycles. The van der Waals surface area contributed by atoms with Gasteiger partial charge < -0.3 is 5.32 Å². The van der Waals surface area contributed by atoms with Crippen LogP contribution in [0.15, 0.2) is 60.7 Å². The number of nitrogens with one attached hydrogen (secondary N) is 3. The van der Waals surface area contributed by atoms with Gasteiger partial charge in [-0.1, -0.05) is 60.7 Å². The van der Waals surface area contributed by atoms with E-state index in [1.165, 1.54) is 0 Å². The van der Waals surface area contributed by atoms with Crippen molar-refractivity contribution in [3.63, 3.8) is 0 Å². The molecule has 2 aromatic carbocycles. The van der Waals surface area contributed by atoms with Crippen LogP contribution in [0.5, 0.6) is 0 Å². The minimum Gasteiger partial charge on any atom is -0.336 e. The lowest BCUT2D eigenvalue weighted by atomic mass is 9.99. The normalized spacial score (nSPS) is 10.7. The average Bonchev–Trinajstić information content (AvgIpc) is 2.56. The molecule has 2 rings (SSSR count). The third-order valence-electron chi connectivity index (χ3n) is 3.41. The monoisotopic (exact) mass is 325 g/mol. The minimum absolute atomic E-state index is 0.0212. The van der Waals surface area contributed by atoms with Gasteiger partial charge >= 0.3 is 6.03 Å². The summed E-state index contributed by atoms with van der Waals surface area (Å²) in [5.74, 6) is -0.370. The SMILES string of the molecule is CC(C)NC(=O)NC(=O)CNC(c1ccccc1)c1ccccc1. The first kappa shape index (κ1) is 17.7. The number of amides is 3. The van der Waals surface area contributed by atoms with Crippen molar-refractivity contribution >= 4 is 11.9 Å². The fourth-order valence-electron chi connectivity index (χ4n) is 2.38. The maximum Gasteiger partial charge on any atom is 0.321 e. The van der Waals surface area contributed by atoms with E-state index in [9.17, 15) is 9.59 Å². The lowest BCUT2D eigenvalue weighted by Gasteiger charge is -2.19. The first-order valence-corrected chi connectivity index (χ1v) is 8.00. The molecular formula is C19H23N3O2. The topological polar surface area (TPSA) is 70.2 Å². The first-order valence-electron chi connectivity index (χ1n) is 8.00. The van der Waals surface area contributed by atoms with Gasteiger partial charge in [-0.3, -0.25) is 15.4 Å². The second-order valence-corrected chi connectivity index (χ2v) is 5.81. The Balaban J connectivity index is 2.02. The summed E-state index contributed by atoms with van der Waals surface area (Å²) >= 11 is 0. The van der Waals surface area contributed by atoms with E-state index in [4.69, 9.17) is 0 Å². The Morgan fingerprint density at radius 1 is 0.875 bits per heavy atom. The fourth-order valence-corrected chi connectivity index (χ4v) is 2.38. The number of benzene rings is 2. The van der Waals surface area contributed by atoms with Crippen molar-refractivity contribution < 1.29 is 9.59 Å². The highest BCUT2D eigenvalue weighted by Gasteiger charge is 2.15. The Morgan fingerprint density at radius 2 is 1.38 bits per heavy atom. The van der Waals surface area contributed by atoms with Gasteiger partial charge in [0.2, 0.25) is 5.91 Å². The summed E-state index contributed by atoms with van der Waals surface area (Å²) < 4.78 is 0. The van der Waals surface area contributed by atoms with E-state index in [1.807, 2.05) is 74.5 Å². The summed E-state index contributed by atoms with van der Waals surface area (Å²) in [5.41, 5.74) is 2.12. The Labute approximate surface area is 142 Å². The van der Waals surface area contributed by atoms with Crippen LogP contribution >= 0.6 is 0 Å². The van der Waals surface area contributed by atoms with E-state index in [0.717, 1.165) is 11.1 Å². The predicted molar refractivity (Wildman–Crippen MR) is 94.5 cm³/mol. The minimum atomic E-state index is -0.479. The van der Waals surface area contributed by atoms with E-state index >= 15 is 0 Å². The summed E-state index contributed by atoms with van der Waals surface area (Å²) in [7, 11) is 0. The van der Waals surface area contributed by atoms with Crippen molar-refractivity contribution in [2.75, 3.05) is 6.54 Å². The van der Waals surface area contributed by atoms with E-state index < -0.39 is 6.03 Å². The second-order valence-electron chi connectivity index (χ2n) is 5.81. The molecule has 0 saturated carbocycles. The van der Waals surface area contributed by atoms with Crippen LogP contribution in [-0.4, -0.2) is 24.5 Å². The van der Waals surface area contributed by atoms with Crippen molar-refractivity contribution in [3.05, 3.63) is 71.8 Å². The molecule has 24 heavy (non-hydrogen) atoms. The highest BCUT2D eigenvalue weighted by atomic mass is 16.2. The maximum atomic E-state index is 12.0. The molecule has 0 bridgehead atoms. The quantitative estimate of drug-likeness (QED) is 0.764. The summed E-state index contributed by atoms with van der Waals surface area (Å²) in [6.45, 7) is 3.71. The van der Waals surface area contributed by atoms with Crippen LogP contribution in [-0.2, 0) is 4.79 Å². The molecule has 0 radical (unpaired) electrons. The zero-order valence-electron chi connectivity index (χ0n) is 14.0. The third kappa shape index (κ3) is 5.52. The molecule has 0 aliphatic carbocycles. The van der Waals surface area contributed by atoms with Crippen molar-refractivity contribution in [2.24, 2.45) is 0 Å². The van der Waals surface area contributed by atoms with Crippen molar-refractivity contribution in [1.82, 2.24) is 16.0 Å². The number of imide groups is 1. The van der Waals surface area contributed by atoms with Crippen LogP contribution in [0.4, 0.5) is 4.79 Å². The van der Waals surface area contributed by atoms with Gasteiger partial charge in [0.05, 0.1) is 12.6 Å². The molecule has 0 heterocycles. The standard InChI is InChI=1S/C19H23N3O2/c1-14(2)21-19(24)22-17(23)13-20-18(15-9-5-3-6-10-15)16-11-7-4-8-12-16/h3-12,14,18,20H,13H2,1-2H3,(H2,21,22,23,24). The van der Waals surface area contributed by atoms with Crippen LogP contribution in [0.3, 0.4) is 0 Å². The largest absolute Gasteiger partial charge is 0.336 e. The van der Waals surface area contributed by atoms with Crippen LogP contribution < -0.4 is 16.0 Å². The lowest BCUT2D eigenvalue weighted by Crippen LogP contribution is -2.46. The van der Waals surface area contributed by atoms with E-state index in [0.29, 0.717) is 0 Å². The summed E-state index contributed by atoms with van der Waals surface area (Å²) in [4.78, 5) is 23.5. The van der Waals surface area contributed by atoms with Gasteiger partial charge in [0.1, 0.15) is 0 Å². The number of carbonyl (C=O) groups excluding carboxylic acids is 2. The van der Waals surface area contributed by atoms with E-state index in [-0.39, 0.29) is 24.5 Å². The van der Waals surface area contributed by atoms with Crippen LogP contribution in [0.25, 0.3) is 0 Å². The Morgan fingerprint density at radius 3 is 1.83 bits per heavy atom. The smallest absolute Gasteiger partial charge is 0.321 e. The molecule has 0 atom stereocenters. The molecule has 2 aromatic rings. The van der Waals surface area contributed by atoms with Crippen molar-refractivity contribution in [1.29, 1.82) is 0 Å².